The molecule has 0 spiro atoms. The Morgan fingerprint density at radius 3 is 2.43 bits per heavy atom. The lowest BCUT2D eigenvalue weighted by Gasteiger charge is -2.19. The molecule has 1 aliphatic rings. The fraction of sp³-hybridized carbons (Fsp3) is 0.333. The summed E-state index contributed by atoms with van der Waals surface area (Å²) in [6, 6.07) is 6.06. The molecule has 1 aliphatic heterocycles. The van der Waals surface area contributed by atoms with E-state index in [1.807, 2.05) is 45.9 Å². The van der Waals surface area contributed by atoms with Crippen molar-refractivity contribution >= 4 is 17.4 Å². The van der Waals surface area contributed by atoms with E-state index in [0.29, 0.717) is 5.84 Å². The van der Waals surface area contributed by atoms with E-state index in [9.17, 15) is 4.79 Å². The van der Waals surface area contributed by atoms with Gasteiger partial charge in [-0.05, 0) is 44.9 Å². The van der Waals surface area contributed by atoms with Crippen molar-refractivity contribution in [3.05, 3.63) is 42.0 Å². The van der Waals surface area contributed by atoms with Crippen LogP contribution in [-0.2, 0) is 10.2 Å². The number of amides is 1. The lowest BCUT2D eigenvalue weighted by atomic mass is 9.85. The molecular weight excluding hydrogens is 288 g/mol. The number of hydrogen-bond acceptors (Lipinski definition) is 4. The second-order valence-electron chi connectivity index (χ2n) is 6.29. The summed E-state index contributed by atoms with van der Waals surface area (Å²) in [6.07, 6.45) is 3.61. The lowest BCUT2D eigenvalue weighted by molar-refractivity contribution is -0.121. The number of aromatic nitrogens is 2. The molecule has 0 atom stereocenters. The Labute approximate surface area is 136 Å². The van der Waals surface area contributed by atoms with E-state index < -0.39 is 5.41 Å². The molecule has 0 bridgehead atoms. The highest BCUT2D eigenvalue weighted by Gasteiger charge is 2.44. The smallest absolute Gasteiger partial charge is 0.242 e. The Bertz CT molecular complexity index is 806. The number of aliphatic imine (C=N–C) groups is 1. The molecule has 1 aromatic heterocycles. The molecule has 0 fully saturated rings. The summed E-state index contributed by atoms with van der Waals surface area (Å²) >= 11 is 0. The fourth-order valence-corrected chi connectivity index (χ4v) is 2.89. The molecule has 5 nitrogen and oxygen atoms in total. The highest BCUT2D eigenvalue weighted by atomic mass is 16.2. The van der Waals surface area contributed by atoms with Gasteiger partial charge in [0.2, 0.25) is 5.91 Å². The number of anilines is 1. The van der Waals surface area contributed by atoms with Gasteiger partial charge in [-0.25, -0.2) is 9.97 Å². The van der Waals surface area contributed by atoms with Crippen LogP contribution in [0.15, 0.2) is 35.6 Å². The van der Waals surface area contributed by atoms with E-state index in [-0.39, 0.29) is 5.91 Å². The maximum absolute atomic E-state index is 12.8. The number of benzene rings is 1. The number of nitrogens with zero attached hydrogens (tertiary/aromatic N) is 4. The molecule has 23 heavy (non-hydrogen) atoms. The van der Waals surface area contributed by atoms with Gasteiger partial charge in [-0.2, -0.15) is 0 Å². The number of fused-ring (bicyclic) bond motifs is 1. The first-order chi connectivity index (χ1) is 10.9. The number of aryl methyl sites for hydroxylation is 1. The standard InChI is InChI=1S/C18H20N4O/c1-11-20-9-14(10-21-11)13-6-7-15-16(8-13)22(12(2)19-5)17(23)18(15,3)4/h6-10H,1-5H3/b19-12+. The van der Waals surface area contributed by atoms with Gasteiger partial charge in [0.25, 0.3) is 0 Å². The van der Waals surface area contributed by atoms with Gasteiger partial charge in [0.1, 0.15) is 11.7 Å². The topological polar surface area (TPSA) is 58.5 Å². The van der Waals surface area contributed by atoms with Crippen LogP contribution in [0.3, 0.4) is 0 Å². The van der Waals surface area contributed by atoms with Crippen molar-refractivity contribution in [3.63, 3.8) is 0 Å². The summed E-state index contributed by atoms with van der Waals surface area (Å²) in [4.78, 5) is 27.2. The van der Waals surface area contributed by atoms with Crippen LogP contribution in [0.25, 0.3) is 11.1 Å². The molecule has 0 saturated heterocycles. The first-order valence-electron chi connectivity index (χ1n) is 7.57. The Balaban J connectivity index is 2.17. The predicted octanol–water partition coefficient (Wildman–Crippen LogP) is 3.12. The Morgan fingerprint density at radius 1 is 1.17 bits per heavy atom. The molecule has 0 aliphatic carbocycles. The summed E-state index contributed by atoms with van der Waals surface area (Å²) < 4.78 is 0. The molecule has 0 saturated carbocycles. The summed E-state index contributed by atoms with van der Waals surface area (Å²) in [7, 11) is 1.70. The maximum Gasteiger partial charge on any atom is 0.242 e. The molecule has 0 N–H and O–H groups in total. The third kappa shape index (κ3) is 2.32. The minimum absolute atomic E-state index is 0.0490. The van der Waals surface area contributed by atoms with Crippen molar-refractivity contribution in [1.82, 2.24) is 9.97 Å². The van der Waals surface area contributed by atoms with Gasteiger partial charge in [0.05, 0.1) is 11.1 Å². The molecule has 1 aromatic carbocycles. The minimum Gasteiger partial charge on any atom is -0.275 e. The van der Waals surface area contributed by atoms with Gasteiger partial charge in [0, 0.05) is 25.0 Å². The first-order valence-corrected chi connectivity index (χ1v) is 7.57. The van der Waals surface area contributed by atoms with Crippen molar-refractivity contribution in [2.75, 3.05) is 11.9 Å². The quantitative estimate of drug-likeness (QED) is 0.601. The summed E-state index contributed by atoms with van der Waals surface area (Å²) in [5.41, 5.74) is 3.28. The molecule has 2 aromatic rings. The number of rotatable bonds is 1. The zero-order chi connectivity index (χ0) is 16.8. The van der Waals surface area contributed by atoms with Crippen molar-refractivity contribution in [2.45, 2.75) is 33.1 Å². The summed E-state index contributed by atoms with van der Waals surface area (Å²) in [5.74, 6) is 1.48. The third-order valence-electron chi connectivity index (χ3n) is 4.41. The van der Waals surface area contributed by atoms with Crippen LogP contribution < -0.4 is 4.90 Å². The molecule has 0 radical (unpaired) electrons. The van der Waals surface area contributed by atoms with E-state index in [0.717, 1.165) is 28.2 Å². The monoisotopic (exact) mass is 308 g/mol. The largest absolute Gasteiger partial charge is 0.275 e. The van der Waals surface area contributed by atoms with E-state index in [4.69, 9.17) is 0 Å². The molecular formula is C18H20N4O. The van der Waals surface area contributed by atoms with Crippen LogP contribution in [0.5, 0.6) is 0 Å². The zero-order valence-electron chi connectivity index (χ0n) is 14.1. The maximum atomic E-state index is 12.8. The molecule has 5 heteroatoms. The van der Waals surface area contributed by atoms with Crippen LogP contribution in [0, 0.1) is 6.92 Å². The second kappa shape index (κ2) is 5.26. The van der Waals surface area contributed by atoms with Gasteiger partial charge >= 0.3 is 0 Å². The zero-order valence-corrected chi connectivity index (χ0v) is 14.1. The van der Waals surface area contributed by atoms with Crippen LogP contribution in [-0.4, -0.2) is 28.8 Å². The summed E-state index contributed by atoms with van der Waals surface area (Å²) in [5, 5.41) is 0. The van der Waals surface area contributed by atoms with E-state index in [1.165, 1.54) is 0 Å². The molecule has 2 heterocycles. The highest BCUT2D eigenvalue weighted by Crippen LogP contribution is 2.43. The van der Waals surface area contributed by atoms with Crippen LogP contribution >= 0.6 is 0 Å². The van der Waals surface area contributed by atoms with E-state index in [1.54, 1.807) is 24.3 Å². The van der Waals surface area contributed by atoms with Gasteiger partial charge in [-0.15, -0.1) is 0 Å². The van der Waals surface area contributed by atoms with Crippen molar-refractivity contribution in [2.24, 2.45) is 4.99 Å². The van der Waals surface area contributed by atoms with Gasteiger partial charge < -0.3 is 0 Å². The molecule has 0 unspecified atom stereocenters. The van der Waals surface area contributed by atoms with Crippen molar-refractivity contribution in [3.8, 4) is 11.1 Å². The average Bonchev–Trinajstić information content (AvgIpc) is 2.74. The number of carbonyl (C=O) groups is 1. The number of carbonyl (C=O) groups excluding carboxylic acids is 1. The minimum atomic E-state index is -0.552. The van der Waals surface area contributed by atoms with Crippen molar-refractivity contribution in [1.29, 1.82) is 0 Å². The second-order valence-corrected chi connectivity index (χ2v) is 6.29. The highest BCUT2D eigenvalue weighted by molar-refractivity contribution is 6.23. The normalized spacial score (nSPS) is 16.7. The predicted molar refractivity (Wildman–Crippen MR) is 91.8 cm³/mol. The van der Waals surface area contributed by atoms with Gasteiger partial charge in [-0.1, -0.05) is 12.1 Å². The van der Waals surface area contributed by atoms with Crippen LogP contribution in [0.4, 0.5) is 5.69 Å². The molecule has 1 amide bonds. The number of hydrogen-bond donors (Lipinski definition) is 0. The first kappa shape index (κ1) is 15.3. The van der Waals surface area contributed by atoms with Gasteiger partial charge in [0.15, 0.2) is 0 Å². The number of amidine groups is 1. The Morgan fingerprint density at radius 2 is 1.83 bits per heavy atom. The third-order valence-corrected chi connectivity index (χ3v) is 4.41. The van der Waals surface area contributed by atoms with E-state index >= 15 is 0 Å². The Kier molecular flexibility index (Phi) is 3.51. The van der Waals surface area contributed by atoms with Crippen LogP contribution in [0.2, 0.25) is 0 Å². The van der Waals surface area contributed by atoms with Crippen LogP contribution in [0.1, 0.15) is 32.2 Å². The molecule has 3 rings (SSSR count). The molecule has 118 valence electrons. The van der Waals surface area contributed by atoms with Gasteiger partial charge in [-0.3, -0.25) is 14.7 Å². The van der Waals surface area contributed by atoms with Crippen molar-refractivity contribution < 1.29 is 4.79 Å². The van der Waals surface area contributed by atoms with E-state index in [2.05, 4.69) is 15.0 Å². The fourth-order valence-electron chi connectivity index (χ4n) is 2.89. The summed E-state index contributed by atoms with van der Waals surface area (Å²) in [6.45, 7) is 7.61. The SMILES string of the molecule is C/N=C(\C)N1C(=O)C(C)(C)c2ccc(-c3cnc(C)nc3)cc21. The average molecular weight is 308 g/mol. The Hall–Kier alpha value is -2.56. The lowest BCUT2D eigenvalue weighted by Crippen LogP contribution is -2.39.